The second-order valence-electron chi connectivity index (χ2n) is 6.58. The number of rotatable bonds is 7. The van der Waals surface area contributed by atoms with Gasteiger partial charge in [0.1, 0.15) is 5.76 Å². The maximum absolute atomic E-state index is 5.48. The molecule has 0 unspecified atom stereocenters. The summed E-state index contributed by atoms with van der Waals surface area (Å²) in [5, 5.41) is 17.7. The van der Waals surface area contributed by atoms with Crippen molar-refractivity contribution in [3.63, 3.8) is 0 Å². The number of hydrogen-bond acceptors (Lipinski definition) is 8. The minimum absolute atomic E-state index is 0.533. The van der Waals surface area contributed by atoms with Crippen LogP contribution in [0.1, 0.15) is 17.1 Å². The summed E-state index contributed by atoms with van der Waals surface area (Å²) in [6.45, 7) is 2.58. The lowest BCUT2D eigenvalue weighted by Gasteiger charge is -2.09. The molecule has 4 heterocycles. The lowest BCUT2D eigenvalue weighted by atomic mass is 10.2. The van der Waals surface area contributed by atoms with Gasteiger partial charge in [-0.15, -0.1) is 10.2 Å². The van der Waals surface area contributed by atoms with Crippen LogP contribution in [0.25, 0.3) is 22.8 Å². The van der Waals surface area contributed by atoms with E-state index in [0.29, 0.717) is 24.0 Å². The third-order valence-electron chi connectivity index (χ3n) is 4.57. The van der Waals surface area contributed by atoms with Gasteiger partial charge in [-0.2, -0.15) is 16.3 Å². The third kappa shape index (κ3) is 3.81. The molecule has 0 fully saturated rings. The quantitative estimate of drug-likeness (QED) is 0.321. The fourth-order valence-electron chi connectivity index (χ4n) is 3.07. The van der Waals surface area contributed by atoms with Crippen LogP contribution in [0.4, 0.5) is 0 Å². The van der Waals surface area contributed by atoms with Crippen LogP contribution < -0.4 is 0 Å². The number of aryl methyl sites for hydroxylation is 1. The molecule has 0 bridgehead atoms. The van der Waals surface area contributed by atoms with Crippen molar-refractivity contribution >= 4 is 23.1 Å². The van der Waals surface area contributed by atoms with Crippen molar-refractivity contribution in [2.75, 3.05) is 0 Å². The Bertz CT molecular complexity index is 1240. The summed E-state index contributed by atoms with van der Waals surface area (Å²) in [5.74, 6) is 3.28. The first-order valence-corrected chi connectivity index (χ1v) is 11.2. The summed E-state index contributed by atoms with van der Waals surface area (Å²) in [5.41, 5.74) is 3.04. The molecule has 4 aromatic heterocycles. The van der Waals surface area contributed by atoms with Gasteiger partial charge in [0.05, 0.1) is 29.7 Å². The molecule has 0 saturated carbocycles. The fourth-order valence-corrected chi connectivity index (χ4v) is 4.48. The number of aromatic nitrogens is 5. The summed E-state index contributed by atoms with van der Waals surface area (Å²) in [4.78, 5) is 4.49. The predicted molar refractivity (Wildman–Crippen MR) is 115 cm³/mol. The zero-order chi connectivity index (χ0) is 20.3. The maximum atomic E-state index is 5.48. The van der Waals surface area contributed by atoms with E-state index >= 15 is 0 Å². The maximum Gasteiger partial charge on any atom is 0.258 e. The minimum atomic E-state index is 0.533. The average molecular weight is 436 g/mol. The van der Waals surface area contributed by atoms with Gasteiger partial charge in [0.15, 0.2) is 16.8 Å². The third-order valence-corrected chi connectivity index (χ3v) is 6.21. The molecule has 0 spiro atoms. The highest BCUT2D eigenvalue weighted by atomic mass is 32.2. The molecule has 5 aromatic rings. The Labute approximate surface area is 180 Å². The van der Waals surface area contributed by atoms with Gasteiger partial charge in [-0.25, -0.2) is 0 Å². The largest absolute Gasteiger partial charge is 0.469 e. The van der Waals surface area contributed by atoms with E-state index in [-0.39, 0.29) is 0 Å². The highest BCUT2D eigenvalue weighted by molar-refractivity contribution is 7.98. The van der Waals surface area contributed by atoms with Gasteiger partial charge in [0, 0.05) is 5.38 Å². The van der Waals surface area contributed by atoms with Gasteiger partial charge >= 0.3 is 0 Å². The summed E-state index contributed by atoms with van der Waals surface area (Å²) in [7, 11) is 0. The first-order valence-electron chi connectivity index (χ1n) is 9.27. The van der Waals surface area contributed by atoms with Crippen molar-refractivity contribution in [3.8, 4) is 22.8 Å². The summed E-state index contributed by atoms with van der Waals surface area (Å²) >= 11 is 3.13. The van der Waals surface area contributed by atoms with E-state index in [1.807, 2.05) is 48.0 Å². The van der Waals surface area contributed by atoms with Crippen LogP contribution in [0.2, 0.25) is 0 Å². The first-order chi connectivity index (χ1) is 14.8. The fraction of sp³-hybridized carbons (Fsp3) is 0.143. The molecule has 5 rings (SSSR count). The van der Waals surface area contributed by atoms with E-state index in [1.165, 1.54) is 17.3 Å². The molecule has 1 aromatic carbocycles. The standard InChI is InChI=1S/C21H17N5O2S2/c1-14-17(7-9-27-14)19-23-24-21(26(19)11-15-5-3-2-4-6-15)30-13-18-22-20(28-25-18)16-8-10-29-12-16/h2-10,12H,11,13H2,1H3. The van der Waals surface area contributed by atoms with Gasteiger partial charge in [-0.1, -0.05) is 47.3 Å². The number of benzene rings is 1. The molecule has 30 heavy (non-hydrogen) atoms. The highest BCUT2D eigenvalue weighted by Crippen LogP contribution is 2.29. The number of hydrogen-bond donors (Lipinski definition) is 0. The Balaban J connectivity index is 1.42. The second-order valence-corrected chi connectivity index (χ2v) is 8.31. The Morgan fingerprint density at radius 3 is 2.77 bits per heavy atom. The summed E-state index contributed by atoms with van der Waals surface area (Å²) < 4.78 is 13.0. The molecular formula is C21H17N5O2S2. The number of thioether (sulfide) groups is 1. The predicted octanol–water partition coefficient (Wildman–Crippen LogP) is 5.30. The van der Waals surface area contributed by atoms with Crippen LogP contribution in [0, 0.1) is 6.92 Å². The van der Waals surface area contributed by atoms with Gasteiger partial charge < -0.3 is 8.94 Å². The van der Waals surface area contributed by atoms with Crippen LogP contribution in [-0.2, 0) is 12.3 Å². The minimum Gasteiger partial charge on any atom is -0.469 e. The van der Waals surface area contributed by atoms with Crippen LogP contribution in [0.5, 0.6) is 0 Å². The molecule has 9 heteroatoms. The molecule has 0 aliphatic carbocycles. The van der Waals surface area contributed by atoms with Gasteiger partial charge in [0.2, 0.25) is 0 Å². The van der Waals surface area contributed by atoms with Crippen LogP contribution in [0.15, 0.2) is 73.6 Å². The SMILES string of the molecule is Cc1occc1-c1nnc(SCc2noc(-c3ccsc3)n2)n1Cc1ccccc1. The summed E-state index contributed by atoms with van der Waals surface area (Å²) in [6, 6.07) is 14.1. The van der Waals surface area contributed by atoms with E-state index in [1.54, 1.807) is 17.6 Å². The molecule has 0 atom stereocenters. The normalized spacial score (nSPS) is 11.2. The lowest BCUT2D eigenvalue weighted by Crippen LogP contribution is -2.04. The highest BCUT2D eigenvalue weighted by Gasteiger charge is 2.19. The molecule has 150 valence electrons. The first kappa shape index (κ1) is 18.8. The Kier molecular flexibility index (Phi) is 5.20. The lowest BCUT2D eigenvalue weighted by molar-refractivity contribution is 0.425. The van der Waals surface area contributed by atoms with Crippen molar-refractivity contribution in [1.29, 1.82) is 0 Å². The smallest absolute Gasteiger partial charge is 0.258 e. The van der Waals surface area contributed by atoms with E-state index in [0.717, 1.165) is 27.9 Å². The van der Waals surface area contributed by atoms with Crippen LogP contribution >= 0.6 is 23.1 Å². The molecule has 7 nitrogen and oxygen atoms in total. The summed E-state index contributed by atoms with van der Waals surface area (Å²) in [6.07, 6.45) is 1.67. The topological polar surface area (TPSA) is 82.8 Å². The Morgan fingerprint density at radius 2 is 2.00 bits per heavy atom. The Morgan fingerprint density at radius 1 is 1.10 bits per heavy atom. The van der Waals surface area contributed by atoms with E-state index in [2.05, 4.69) is 37.0 Å². The van der Waals surface area contributed by atoms with E-state index in [4.69, 9.17) is 8.94 Å². The van der Waals surface area contributed by atoms with Crippen molar-refractivity contribution < 1.29 is 8.94 Å². The van der Waals surface area contributed by atoms with Crippen LogP contribution in [0.3, 0.4) is 0 Å². The van der Waals surface area contributed by atoms with Crippen LogP contribution in [-0.4, -0.2) is 24.9 Å². The number of furan rings is 1. The zero-order valence-electron chi connectivity index (χ0n) is 16.1. The molecule has 0 aliphatic heterocycles. The van der Waals surface area contributed by atoms with Gasteiger partial charge in [-0.3, -0.25) is 4.57 Å². The van der Waals surface area contributed by atoms with E-state index < -0.39 is 0 Å². The number of thiophene rings is 1. The van der Waals surface area contributed by atoms with Crippen molar-refractivity contribution in [3.05, 3.63) is 76.6 Å². The molecular weight excluding hydrogens is 418 g/mol. The molecule has 0 radical (unpaired) electrons. The molecule has 0 N–H and O–H groups in total. The average Bonchev–Trinajstić information content (AvgIpc) is 3.55. The Hall–Kier alpha value is -3.17. The monoisotopic (exact) mass is 435 g/mol. The second kappa shape index (κ2) is 8.29. The van der Waals surface area contributed by atoms with Gasteiger partial charge in [-0.05, 0) is 30.0 Å². The molecule has 0 saturated heterocycles. The molecule has 0 aliphatic rings. The zero-order valence-corrected chi connectivity index (χ0v) is 17.7. The number of nitrogens with zero attached hydrogens (tertiary/aromatic N) is 5. The van der Waals surface area contributed by atoms with Crippen molar-refractivity contribution in [2.24, 2.45) is 0 Å². The van der Waals surface area contributed by atoms with Crippen molar-refractivity contribution in [1.82, 2.24) is 24.9 Å². The van der Waals surface area contributed by atoms with E-state index in [9.17, 15) is 0 Å². The molecule has 0 amide bonds. The van der Waals surface area contributed by atoms with Crippen molar-refractivity contribution in [2.45, 2.75) is 24.4 Å². The van der Waals surface area contributed by atoms with Gasteiger partial charge in [0.25, 0.3) is 5.89 Å².